The van der Waals surface area contributed by atoms with E-state index in [1.807, 2.05) is 23.7 Å². The third-order valence-electron chi connectivity index (χ3n) is 7.29. The van der Waals surface area contributed by atoms with Crippen molar-refractivity contribution in [2.24, 2.45) is 5.41 Å². The van der Waals surface area contributed by atoms with E-state index < -0.39 is 17.5 Å². The second-order valence-electron chi connectivity index (χ2n) is 9.40. The van der Waals surface area contributed by atoms with Gasteiger partial charge in [0.05, 0.1) is 23.1 Å². The number of rotatable bonds is 10. The van der Waals surface area contributed by atoms with Gasteiger partial charge in [0.1, 0.15) is 11.9 Å². The van der Waals surface area contributed by atoms with Gasteiger partial charge in [-0.3, -0.25) is 20.0 Å². The van der Waals surface area contributed by atoms with E-state index in [0.29, 0.717) is 54.6 Å². The number of nitrogens with one attached hydrogen (secondary N) is 1. The Kier molecular flexibility index (Phi) is 8.72. The molecule has 1 atom stereocenters. The Morgan fingerprint density at radius 3 is 2.78 bits per heavy atom. The van der Waals surface area contributed by atoms with Crippen molar-refractivity contribution >= 4 is 28.4 Å². The number of methoxy groups -OCH3 is 1. The predicted molar refractivity (Wildman–Crippen MR) is 137 cm³/mol. The summed E-state index contributed by atoms with van der Waals surface area (Å²) in [6.07, 6.45) is 5.23. The smallest absolute Gasteiger partial charge is 0.249 e. The standard InChI is InChI=1S/C27H32ClFN4O3/c1-36-20-7-8-24-21(17-20)25(22(28)18-31-24)23(29)9-10-27(26(34)32-35)11-15-33(16-12-27)14-4-6-19-5-2-3-13-30-19/h2-3,5,7-8,13,17-18,23,35H,4,6,9-12,14-16H2,1H3,(H,32,34). The number of piperidine rings is 1. The Morgan fingerprint density at radius 1 is 1.28 bits per heavy atom. The molecule has 7 nitrogen and oxygen atoms in total. The minimum atomic E-state index is -1.39. The molecule has 1 aliphatic rings. The van der Waals surface area contributed by atoms with Gasteiger partial charge in [0.15, 0.2) is 0 Å². The van der Waals surface area contributed by atoms with E-state index in [-0.39, 0.29) is 11.4 Å². The summed E-state index contributed by atoms with van der Waals surface area (Å²) in [6, 6.07) is 11.2. The van der Waals surface area contributed by atoms with E-state index in [4.69, 9.17) is 16.3 Å². The number of hydroxylamine groups is 1. The van der Waals surface area contributed by atoms with Gasteiger partial charge in [0, 0.05) is 29.0 Å². The molecular formula is C27H32ClFN4O3. The zero-order valence-electron chi connectivity index (χ0n) is 20.4. The van der Waals surface area contributed by atoms with Crippen LogP contribution in [-0.4, -0.2) is 52.7 Å². The highest BCUT2D eigenvalue weighted by atomic mass is 35.5. The van der Waals surface area contributed by atoms with Gasteiger partial charge < -0.3 is 9.64 Å². The van der Waals surface area contributed by atoms with Crippen LogP contribution in [0.5, 0.6) is 5.75 Å². The molecule has 0 saturated carbocycles. The molecule has 1 amide bonds. The first-order valence-corrected chi connectivity index (χ1v) is 12.7. The van der Waals surface area contributed by atoms with Crippen molar-refractivity contribution in [2.75, 3.05) is 26.7 Å². The fraction of sp³-hybridized carbons (Fsp3) is 0.444. The van der Waals surface area contributed by atoms with Crippen molar-refractivity contribution in [2.45, 2.75) is 44.7 Å². The SMILES string of the molecule is COc1ccc2ncc(Cl)c(C(F)CCC3(C(=O)NO)CCN(CCCc4ccccn4)CC3)c2c1. The number of pyridine rings is 2. The Labute approximate surface area is 215 Å². The summed E-state index contributed by atoms with van der Waals surface area (Å²) >= 11 is 6.38. The number of hydrogen-bond donors (Lipinski definition) is 2. The molecule has 4 rings (SSSR count). The number of amides is 1. The number of nitrogens with zero attached hydrogens (tertiary/aromatic N) is 3. The third kappa shape index (κ3) is 5.94. The number of carbonyl (C=O) groups is 1. The fourth-order valence-corrected chi connectivity index (χ4v) is 5.37. The molecule has 0 radical (unpaired) electrons. The first-order chi connectivity index (χ1) is 17.5. The normalized spacial score (nSPS) is 16.6. The van der Waals surface area contributed by atoms with Crippen LogP contribution >= 0.6 is 11.6 Å². The van der Waals surface area contributed by atoms with E-state index in [0.717, 1.165) is 25.1 Å². The van der Waals surface area contributed by atoms with Crippen LogP contribution in [0.15, 0.2) is 48.8 Å². The number of alkyl halides is 1. The molecular weight excluding hydrogens is 483 g/mol. The van der Waals surface area contributed by atoms with Crippen molar-refractivity contribution in [1.82, 2.24) is 20.3 Å². The molecule has 3 aromatic rings. The van der Waals surface area contributed by atoms with Crippen LogP contribution in [0.1, 0.15) is 49.5 Å². The summed E-state index contributed by atoms with van der Waals surface area (Å²) in [5.74, 6) is 0.141. The average Bonchev–Trinajstić information content (AvgIpc) is 2.92. The van der Waals surface area contributed by atoms with Crippen molar-refractivity contribution in [3.63, 3.8) is 0 Å². The van der Waals surface area contributed by atoms with E-state index >= 15 is 4.39 Å². The minimum absolute atomic E-state index is 0.100. The zero-order valence-corrected chi connectivity index (χ0v) is 21.2. The molecule has 192 valence electrons. The molecule has 0 bridgehead atoms. The average molecular weight is 515 g/mol. The molecule has 36 heavy (non-hydrogen) atoms. The topological polar surface area (TPSA) is 87.6 Å². The molecule has 2 N–H and O–H groups in total. The molecule has 9 heteroatoms. The number of halogens is 2. The molecule has 1 fully saturated rings. The Morgan fingerprint density at radius 2 is 2.08 bits per heavy atom. The maximum atomic E-state index is 15.7. The van der Waals surface area contributed by atoms with E-state index in [2.05, 4.69) is 14.9 Å². The molecule has 2 aromatic heterocycles. The lowest BCUT2D eigenvalue weighted by atomic mass is 9.73. The minimum Gasteiger partial charge on any atom is -0.497 e. The van der Waals surface area contributed by atoms with E-state index in [9.17, 15) is 10.0 Å². The number of aromatic nitrogens is 2. The second-order valence-corrected chi connectivity index (χ2v) is 9.80. The van der Waals surface area contributed by atoms with Gasteiger partial charge in [-0.05, 0) is 88.5 Å². The molecule has 3 heterocycles. The van der Waals surface area contributed by atoms with Gasteiger partial charge >= 0.3 is 0 Å². The molecule has 0 spiro atoms. The van der Waals surface area contributed by atoms with Gasteiger partial charge in [-0.25, -0.2) is 9.87 Å². The van der Waals surface area contributed by atoms with E-state index in [1.165, 1.54) is 6.20 Å². The first-order valence-electron chi connectivity index (χ1n) is 12.3. The maximum absolute atomic E-state index is 15.7. The number of aryl methyl sites for hydroxylation is 1. The highest BCUT2D eigenvalue weighted by molar-refractivity contribution is 6.32. The lowest BCUT2D eigenvalue weighted by Crippen LogP contribution is -2.48. The molecule has 1 unspecified atom stereocenters. The molecule has 1 aromatic carbocycles. The monoisotopic (exact) mass is 514 g/mol. The lowest BCUT2D eigenvalue weighted by Gasteiger charge is -2.40. The van der Waals surface area contributed by atoms with Crippen molar-refractivity contribution < 1.29 is 19.1 Å². The van der Waals surface area contributed by atoms with Gasteiger partial charge in [-0.15, -0.1) is 0 Å². The van der Waals surface area contributed by atoms with Crippen LogP contribution in [0.4, 0.5) is 4.39 Å². The zero-order chi connectivity index (χ0) is 25.5. The Balaban J connectivity index is 1.40. The summed E-state index contributed by atoms with van der Waals surface area (Å²) in [5, 5.41) is 10.3. The second kappa shape index (κ2) is 12.0. The van der Waals surface area contributed by atoms with Crippen LogP contribution in [0.3, 0.4) is 0 Å². The summed E-state index contributed by atoms with van der Waals surface area (Å²) in [4.78, 5) is 23.7. The highest BCUT2D eigenvalue weighted by Crippen LogP contribution is 2.42. The maximum Gasteiger partial charge on any atom is 0.249 e. The Bertz CT molecular complexity index is 1170. The van der Waals surface area contributed by atoms with Gasteiger partial charge in [-0.2, -0.15) is 0 Å². The van der Waals surface area contributed by atoms with Crippen LogP contribution in [0, 0.1) is 5.41 Å². The molecule has 0 aliphatic carbocycles. The largest absolute Gasteiger partial charge is 0.497 e. The quantitative estimate of drug-likeness (QED) is 0.282. The number of carbonyl (C=O) groups excluding carboxylic acids is 1. The number of ether oxygens (including phenoxy) is 1. The first kappa shape index (κ1) is 26.3. The fourth-order valence-electron chi connectivity index (χ4n) is 5.10. The van der Waals surface area contributed by atoms with Crippen molar-refractivity contribution in [1.29, 1.82) is 0 Å². The van der Waals surface area contributed by atoms with Crippen LogP contribution in [-0.2, 0) is 11.2 Å². The molecule has 1 aliphatic heterocycles. The predicted octanol–water partition coefficient (Wildman–Crippen LogP) is 5.30. The number of hydrogen-bond acceptors (Lipinski definition) is 6. The lowest BCUT2D eigenvalue weighted by molar-refractivity contribution is -0.143. The van der Waals surface area contributed by atoms with Crippen LogP contribution in [0.2, 0.25) is 5.02 Å². The number of fused-ring (bicyclic) bond motifs is 1. The number of benzene rings is 1. The Hall–Kier alpha value is -2.81. The number of likely N-dealkylation sites (tertiary alicyclic amines) is 1. The van der Waals surface area contributed by atoms with Crippen molar-refractivity contribution in [3.8, 4) is 5.75 Å². The van der Waals surface area contributed by atoms with Crippen molar-refractivity contribution in [3.05, 3.63) is 65.1 Å². The van der Waals surface area contributed by atoms with Crippen LogP contribution in [0.25, 0.3) is 10.9 Å². The third-order valence-corrected chi connectivity index (χ3v) is 7.59. The van der Waals surface area contributed by atoms with Gasteiger partial charge in [0.2, 0.25) is 5.91 Å². The van der Waals surface area contributed by atoms with Crippen LogP contribution < -0.4 is 10.2 Å². The van der Waals surface area contributed by atoms with Gasteiger partial charge in [0.25, 0.3) is 0 Å². The van der Waals surface area contributed by atoms with E-state index in [1.54, 1.807) is 31.5 Å². The summed E-state index contributed by atoms with van der Waals surface area (Å²) in [5.41, 5.74) is 3.05. The van der Waals surface area contributed by atoms with Gasteiger partial charge in [-0.1, -0.05) is 17.7 Å². The summed E-state index contributed by atoms with van der Waals surface area (Å²) < 4.78 is 21.0. The summed E-state index contributed by atoms with van der Waals surface area (Å²) in [6.45, 7) is 2.32. The summed E-state index contributed by atoms with van der Waals surface area (Å²) in [7, 11) is 1.55. The highest BCUT2D eigenvalue weighted by Gasteiger charge is 2.41. The molecule has 1 saturated heterocycles.